The van der Waals surface area contributed by atoms with Crippen LogP contribution in [0.1, 0.15) is 25.7 Å². The molecular formula is C17H24F2N2O4. The van der Waals surface area contributed by atoms with Crippen LogP contribution in [0.3, 0.4) is 0 Å². The third-order valence-electron chi connectivity index (χ3n) is 5.61. The van der Waals surface area contributed by atoms with E-state index in [9.17, 15) is 18.4 Å². The molecule has 2 saturated carbocycles. The number of hydrogen-bond acceptors (Lipinski definition) is 4. The zero-order valence-corrected chi connectivity index (χ0v) is 14.2. The molecule has 2 aliphatic carbocycles. The summed E-state index contributed by atoms with van der Waals surface area (Å²) in [4.78, 5) is 28.1. The standard InChI is InChI=1S/C17H24F2N2O4/c18-17(19)5-13(6-17)15(23)20-3-4-24-11-16(9-20)10-21(7-12-1-2-12)14(22)8-25-16/h12-13H,1-11H2. The average Bonchev–Trinajstić information content (AvgIpc) is 3.36. The highest BCUT2D eigenvalue weighted by atomic mass is 19.3. The predicted molar refractivity (Wildman–Crippen MR) is 83.1 cm³/mol. The summed E-state index contributed by atoms with van der Waals surface area (Å²) in [5.41, 5.74) is -0.749. The van der Waals surface area contributed by atoms with Crippen molar-refractivity contribution in [2.24, 2.45) is 11.8 Å². The van der Waals surface area contributed by atoms with E-state index in [0.717, 1.165) is 19.4 Å². The van der Waals surface area contributed by atoms with E-state index in [-0.39, 0.29) is 31.3 Å². The summed E-state index contributed by atoms with van der Waals surface area (Å²) >= 11 is 0. The second-order valence-corrected chi connectivity index (χ2v) is 7.96. The van der Waals surface area contributed by atoms with Gasteiger partial charge in [-0.25, -0.2) is 8.78 Å². The molecule has 4 fully saturated rings. The summed E-state index contributed by atoms with van der Waals surface area (Å²) in [6.45, 7) is 2.45. The third-order valence-corrected chi connectivity index (χ3v) is 5.61. The monoisotopic (exact) mass is 358 g/mol. The van der Waals surface area contributed by atoms with Crippen molar-refractivity contribution in [1.29, 1.82) is 0 Å². The Kier molecular flexibility index (Phi) is 4.22. The summed E-state index contributed by atoms with van der Waals surface area (Å²) < 4.78 is 37.7. The normalized spacial score (nSPS) is 33.3. The van der Waals surface area contributed by atoms with Crippen LogP contribution < -0.4 is 0 Å². The third kappa shape index (κ3) is 3.65. The molecule has 1 atom stereocenters. The highest BCUT2D eigenvalue weighted by Crippen LogP contribution is 2.43. The second-order valence-electron chi connectivity index (χ2n) is 7.96. The lowest BCUT2D eigenvalue weighted by molar-refractivity contribution is -0.178. The van der Waals surface area contributed by atoms with Gasteiger partial charge >= 0.3 is 0 Å². The van der Waals surface area contributed by atoms with Crippen molar-refractivity contribution < 1.29 is 27.8 Å². The van der Waals surface area contributed by atoms with Crippen molar-refractivity contribution in [1.82, 2.24) is 9.80 Å². The molecule has 6 nitrogen and oxygen atoms in total. The van der Waals surface area contributed by atoms with Gasteiger partial charge < -0.3 is 19.3 Å². The van der Waals surface area contributed by atoms with Gasteiger partial charge in [0.05, 0.1) is 26.3 Å². The minimum Gasteiger partial charge on any atom is -0.376 e. The second kappa shape index (κ2) is 6.16. The smallest absolute Gasteiger partial charge is 0.249 e. The summed E-state index contributed by atoms with van der Waals surface area (Å²) in [5, 5.41) is 0. The van der Waals surface area contributed by atoms with E-state index in [1.807, 2.05) is 4.90 Å². The molecule has 25 heavy (non-hydrogen) atoms. The topological polar surface area (TPSA) is 59.1 Å². The van der Waals surface area contributed by atoms with Gasteiger partial charge in [-0.15, -0.1) is 0 Å². The summed E-state index contributed by atoms with van der Waals surface area (Å²) in [7, 11) is 0. The van der Waals surface area contributed by atoms with E-state index >= 15 is 0 Å². The first-order valence-corrected chi connectivity index (χ1v) is 9.02. The van der Waals surface area contributed by atoms with E-state index in [4.69, 9.17) is 9.47 Å². The van der Waals surface area contributed by atoms with Crippen molar-refractivity contribution in [2.45, 2.75) is 37.2 Å². The Bertz CT molecular complexity index is 561. The van der Waals surface area contributed by atoms with Crippen LogP contribution in [0, 0.1) is 11.8 Å². The van der Waals surface area contributed by atoms with Gasteiger partial charge in [-0.1, -0.05) is 0 Å². The molecule has 0 aromatic heterocycles. The molecule has 2 aliphatic heterocycles. The molecule has 0 aromatic carbocycles. The molecule has 2 heterocycles. The van der Waals surface area contributed by atoms with Gasteiger partial charge in [-0.3, -0.25) is 9.59 Å². The van der Waals surface area contributed by atoms with Crippen molar-refractivity contribution in [3.8, 4) is 0 Å². The number of halogens is 2. The number of nitrogens with zero attached hydrogens (tertiary/aromatic N) is 2. The maximum Gasteiger partial charge on any atom is 0.249 e. The molecule has 0 aromatic rings. The molecule has 2 saturated heterocycles. The zero-order chi connectivity index (χ0) is 17.7. The molecule has 1 unspecified atom stereocenters. The Morgan fingerprint density at radius 3 is 2.68 bits per heavy atom. The molecular weight excluding hydrogens is 334 g/mol. The lowest BCUT2D eigenvalue weighted by Crippen LogP contribution is -2.62. The van der Waals surface area contributed by atoms with Crippen molar-refractivity contribution in [3.63, 3.8) is 0 Å². The average molecular weight is 358 g/mol. The largest absolute Gasteiger partial charge is 0.376 e. The molecule has 4 rings (SSSR count). The Balaban J connectivity index is 1.43. The maximum absolute atomic E-state index is 13.1. The summed E-state index contributed by atoms with van der Waals surface area (Å²) in [6.07, 6.45) is 1.55. The van der Waals surface area contributed by atoms with Crippen LogP contribution in [-0.2, 0) is 19.1 Å². The van der Waals surface area contributed by atoms with E-state index in [1.54, 1.807) is 4.90 Å². The number of ether oxygens (including phenoxy) is 2. The minimum atomic E-state index is -2.71. The van der Waals surface area contributed by atoms with Gasteiger partial charge in [0, 0.05) is 31.8 Å². The first-order valence-electron chi connectivity index (χ1n) is 9.02. The maximum atomic E-state index is 13.1. The number of morpholine rings is 1. The van der Waals surface area contributed by atoms with Crippen LogP contribution in [0.2, 0.25) is 0 Å². The van der Waals surface area contributed by atoms with E-state index in [1.165, 1.54) is 0 Å². The van der Waals surface area contributed by atoms with Crippen molar-refractivity contribution >= 4 is 11.8 Å². The van der Waals surface area contributed by atoms with Crippen LogP contribution in [0.15, 0.2) is 0 Å². The van der Waals surface area contributed by atoms with Crippen molar-refractivity contribution in [3.05, 3.63) is 0 Å². The lowest BCUT2D eigenvalue weighted by Gasteiger charge is -2.44. The number of amides is 2. The SMILES string of the molecule is O=C1COC2(COCCN(C(=O)C3CC(F)(F)C3)C2)CN1CC1CC1. The number of carbonyl (C=O) groups excluding carboxylic acids is 2. The van der Waals surface area contributed by atoms with Crippen LogP contribution in [0.4, 0.5) is 8.78 Å². The molecule has 0 radical (unpaired) electrons. The van der Waals surface area contributed by atoms with Gasteiger partial charge in [0.15, 0.2) is 0 Å². The van der Waals surface area contributed by atoms with Gasteiger partial charge in [0.25, 0.3) is 0 Å². The Morgan fingerprint density at radius 1 is 1.24 bits per heavy atom. The van der Waals surface area contributed by atoms with Crippen LogP contribution in [0.25, 0.3) is 0 Å². The number of rotatable bonds is 3. The van der Waals surface area contributed by atoms with Gasteiger partial charge in [-0.2, -0.15) is 0 Å². The molecule has 1 spiro atoms. The summed E-state index contributed by atoms with van der Waals surface area (Å²) in [5.74, 6) is -3.03. The fourth-order valence-corrected chi connectivity index (χ4v) is 3.94. The Hall–Kier alpha value is -1.28. The Labute approximate surface area is 145 Å². The molecule has 2 amide bonds. The molecule has 4 aliphatic rings. The number of carbonyl (C=O) groups is 2. The highest BCUT2D eigenvalue weighted by Gasteiger charge is 2.51. The van der Waals surface area contributed by atoms with Crippen LogP contribution in [-0.4, -0.2) is 79.1 Å². The molecule has 140 valence electrons. The fraction of sp³-hybridized carbons (Fsp3) is 0.882. The number of alkyl halides is 2. The summed E-state index contributed by atoms with van der Waals surface area (Å²) in [6, 6.07) is 0. The van der Waals surface area contributed by atoms with Gasteiger partial charge in [0.1, 0.15) is 12.2 Å². The lowest BCUT2D eigenvalue weighted by atomic mass is 9.80. The Morgan fingerprint density at radius 2 is 2.00 bits per heavy atom. The molecule has 0 N–H and O–H groups in total. The first kappa shape index (κ1) is 17.1. The fourth-order valence-electron chi connectivity index (χ4n) is 3.94. The van der Waals surface area contributed by atoms with Gasteiger partial charge in [-0.05, 0) is 18.8 Å². The highest BCUT2D eigenvalue weighted by molar-refractivity contribution is 5.80. The molecule has 0 bridgehead atoms. The van der Waals surface area contributed by atoms with E-state index < -0.39 is 17.4 Å². The van der Waals surface area contributed by atoms with Crippen molar-refractivity contribution in [2.75, 3.05) is 46.0 Å². The minimum absolute atomic E-state index is 0.0143. The molecule has 8 heteroatoms. The van der Waals surface area contributed by atoms with Crippen LogP contribution in [0.5, 0.6) is 0 Å². The van der Waals surface area contributed by atoms with E-state index in [2.05, 4.69) is 0 Å². The van der Waals surface area contributed by atoms with Gasteiger partial charge in [0.2, 0.25) is 17.7 Å². The first-order chi connectivity index (χ1) is 11.9. The quantitative estimate of drug-likeness (QED) is 0.752. The number of hydrogen-bond donors (Lipinski definition) is 0. The zero-order valence-electron chi connectivity index (χ0n) is 14.2. The van der Waals surface area contributed by atoms with Crippen LogP contribution >= 0.6 is 0 Å². The predicted octanol–water partition coefficient (Wildman–Crippen LogP) is 0.898. The van der Waals surface area contributed by atoms with E-state index in [0.29, 0.717) is 38.8 Å².